The number of hydrogen-bond acceptors (Lipinski definition) is 14. The van der Waals surface area contributed by atoms with E-state index in [4.69, 9.17) is 24.9 Å². The van der Waals surface area contributed by atoms with E-state index in [-0.39, 0.29) is 112 Å². The fourth-order valence-electron chi connectivity index (χ4n) is 8.98. The second kappa shape index (κ2) is 25.1. The number of primary amides is 1. The third kappa shape index (κ3) is 13.5. The van der Waals surface area contributed by atoms with E-state index in [1.54, 1.807) is 87.7 Å². The Bertz CT molecular complexity index is 2940. The molecule has 22 nitrogen and oxygen atoms in total. The predicted molar refractivity (Wildman–Crippen MR) is 280 cm³/mol. The minimum Gasteiger partial charge on any atom is -0.458 e. The van der Waals surface area contributed by atoms with Crippen molar-refractivity contribution in [3.05, 3.63) is 86.7 Å². The van der Waals surface area contributed by atoms with Crippen LogP contribution in [-0.4, -0.2) is 118 Å². The summed E-state index contributed by atoms with van der Waals surface area (Å²) in [5.74, 6) is -2.50. The van der Waals surface area contributed by atoms with E-state index >= 15 is 0 Å². The van der Waals surface area contributed by atoms with Gasteiger partial charge in [0.15, 0.2) is 5.60 Å². The number of aryl methyl sites for hydroxylation is 1. The number of anilines is 1. The number of carbonyl (C=O) groups is 8. The van der Waals surface area contributed by atoms with E-state index in [1.165, 1.54) is 23.9 Å². The van der Waals surface area contributed by atoms with E-state index in [0.29, 0.717) is 41.0 Å². The first-order chi connectivity index (χ1) is 36.1. The maximum Gasteiger partial charge on any atom is 0.415 e. The highest BCUT2D eigenvalue weighted by Gasteiger charge is 2.45. The third-order valence-electron chi connectivity index (χ3n) is 13.7. The van der Waals surface area contributed by atoms with Crippen molar-refractivity contribution in [3.63, 3.8) is 0 Å². The number of aliphatic hydroxyl groups is 1. The van der Waals surface area contributed by atoms with Crippen molar-refractivity contribution in [3.8, 4) is 17.1 Å². The van der Waals surface area contributed by atoms with Gasteiger partial charge in [-0.2, -0.15) is 0 Å². The van der Waals surface area contributed by atoms with Gasteiger partial charge in [0.2, 0.25) is 17.7 Å². The summed E-state index contributed by atoms with van der Waals surface area (Å²) in [7, 11) is 3.05. The Kier molecular flexibility index (Phi) is 19.0. The predicted octanol–water partition coefficient (Wildman–Crippen LogP) is 4.75. The molecule has 2 aliphatic heterocycles. The number of nitrogens with zero attached hydrogens (tertiary/aromatic N) is 4. The SMILES string of the molecule is CCc1c2c(nc3ccc(OC(=O)N(C)CCN(C)C(=O)OCc4ccc(NC(=O)[C@H](CCCNC(N)=O)NC(=O)[C@@H](NC(=O)CCCC(=O)C(C)C)C(C)C)cc4)cc13)-c1cc3c(c(=O)n1C2)COC(=O)[C@]3(O)CC. The molecule has 0 fully saturated rings. The first kappa shape index (κ1) is 57.4. The molecule has 22 heteroatoms. The fourth-order valence-corrected chi connectivity index (χ4v) is 8.98. The zero-order chi connectivity index (χ0) is 55.6. The van der Waals surface area contributed by atoms with Crippen LogP contribution in [0.2, 0.25) is 0 Å². The van der Waals surface area contributed by atoms with Gasteiger partial charge >= 0.3 is 24.2 Å². The summed E-state index contributed by atoms with van der Waals surface area (Å²) in [6.45, 7) is 10.9. The van der Waals surface area contributed by atoms with Crippen LogP contribution >= 0.6 is 0 Å². The summed E-state index contributed by atoms with van der Waals surface area (Å²) in [4.78, 5) is 123. The quantitative estimate of drug-likeness (QED) is 0.0380. The highest BCUT2D eigenvalue weighted by Crippen LogP contribution is 2.41. The molecule has 2 aromatic heterocycles. The number of cyclic esters (lactones) is 1. The second-order valence-electron chi connectivity index (χ2n) is 19.8. The van der Waals surface area contributed by atoms with Gasteiger partial charge in [-0.15, -0.1) is 0 Å². The lowest BCUT2D eigenvalue weighted by Crippen LogP contribution is -2.54. The normalized spacial score (nSPS) is 15.1. The Morgan fingerprint density at radius 3 is 2.22 bits per heavy atom. The van der Waals surface area contributed by atoms with E-state index in [0.717, 1.165) is 16.5 Å². The van der Waals surface area contributed by atoms with Crippen LogP contribution in [-0.2, 0) is 65.2 Å². The number of urea groups is 1. The van der Waals surface area contributed by atoms with Gasteiger partial charge in [-0.3, -0.25) is 24.0 Å². The molecule has 7 N–H and O–H groups in total. The number of fused-ring (bicyclic) bond motifs is 5. The molecule has 0 unspecified atom stereocenters. The molecule has 0 saturated carbocycles. The van der Waals surface area contributed by atoms with Gasteiger partial charge in [0, 0.05) is 74.7 Å². The average molecular weight is 1050 g/mol. The fraction of sp³-hybridized carbons (Fsp3) is 0.481. The van der Waals surface area contributed by atoms with Crippen molar-refractivity contribution in [2.45, 2.75) is 124 Å². The lowest BCUT2D eigenvalue weighted by molar-refractivity contribution is -0.172. The van der Waals surface area contributed by atoms with Crippen molar-refractivity contribution in [2.24, 2.45) is 17.6 Å². The van der Waals surface area contributed by atoms with Crippen LogP contribution in [0.15, 0.2) is 53.3 Å². The molecule has 0 saturated heterocycles. The molecule has 4 heterocycles. The number of Topliss-reactive ketones (excluding diaryl/α,β-unsaturated/α-hetero) is 1. The lowest BCUT2D eigenvalue weighted by atomic mass is 9.86. The molecule has 7 amide bonds. The zero-order valence-corrected chi connectivity index (χ0v) is 44.3. The van der Waals surface area contributed by atoms with E-state index in [2.05, 4.69) is 21.3 Å². The van der Waals surface area contributed by atoms with Gasteiger partial charge in [0.1, 0.15) is 36.8 Å². The molecule has 76 heavy (non-hydrogen) atoms. The van der Waals surface area contributed by atoms with Crippen molar-refractivity contribution in [2.75, 3.05) is 39.0 Å². The average Bonchev–Trinajstić information content (AvgIpc) is 3.77. The van der Waals surface area contributed by atoms with Crippen molar-refractivity contribution < 1.29 is 57.7 Å². The Labute approximate surface area is 440 Å². The third-order valence-corrected chi connectivity index (χ3v) is 13.7. The first-order valence-corrected chi connectivity index (χ1v) is 25.6. The number of ketones is 1. The number of benzene rings is 2. The van der Waals surface area contributed by atoms with Crippen LogP contribution in [0.3, 0.4) is 0 Å². The van der Waals surface area contributed by atoms with Crippen LogP contribution in [0.25, 0.3) is 22.3 Å². The number of amides is 7. The number of nitrogens with two attached hydrogens (primary N) is 1. The maximum absolute atomic E-state index is 13.7. The molecule has 408 valence electrons. The summed E-state index contributed by atoms with van der Waals surface area (Å²) < 4.78 is 18.0. The molecule has 4 aromatic rings. The van der Waals surface area contributed by atoms with Crippen molar-refractivity contribution in [1.29, 1.82) is 0 Å². The van der Waals surface area contributed by atoms with Gasteiger partial charge < -0.3 is 60.7 Å². The monoisotopic (exact) mass is 1050 g/mol. The number of nitrogens with one attached hydrogen (secondary N) is 4. The molecule has 6 rings (SSSR count). The molecule has 0 bridgehead atoms. The second-order valence-corrected chi connectivity index (χ2v) is 19.8. The van der Waals surface area contributed by atoms with Crippen LogP contribution in [0.5, 0.6) is 5.75 Å². The van der Waals surface area contributed by atoms with Crippen molar-refractivity contribution in [1.82, 2.24) is 35.3 Å². The number of pyridine rings is 2. The minimum absolute atomic E-state index is 0.0278. The van der Waals surface area contributed by atoms with Crippen LogP contribution < -0.4 is 37.3 Å². The van der Waals surface area contributed by atoms with Crippen molar-refractivity contribution >= 4 is 64.3 Å². The Morgan fingerprint density at radius 2 is 1.58 bits per heavy atom. The first-order valence-electron chi connectivity index (χ1n) is 25.6. The number of carbonyl (C=O) groups excluding carboxylic acids is 8. The highest BCUT2D eigenvalue weighted by atomic mass is 16.6. The van der Waals surface area contributed by atoms with Gasteiger partial charge in [0.25, 0.3) is 5.56 Å². The molecule has 0 aliphatic carbocycles. The molecule has 0 spiro atoms. The molecule has 2 aliphatic rings. The maximum atomic E-state index is 13.7. The summed E-state index contributed by atoms with van der Waals surface area (Å²) in [5, 5.41) is 22.7. The van der Waals surface area contributed by atoms with Gasteiger partial charge in [-0.25, -0.2) is 24.2 Å². The lowest BCUT2D eigenvalue weighted by Gasteiger charge is -2.31. The topological polar surface area (TPSA) is 300 Å². The summed E-state index contributed by atoms with van der Waals surface area (Å²) >= 11 is 0. The number of ether oxygens (including phenoxy) is 3. The zero-order valence-electron chi connectivity index (χ0n) is 44.3. The molecular formula is C54H69N9O13. The van der Waals surface area contributed by atoms with E-state index < -0.39 is 59.6 Å². The summed E-state index contributed by atoms with van der Waals surface area (Å²) in [6.07, 6.45) is 0.315. The van der Waals surface area contributed by atoms with Crippen LogP contribution in [0.4, 0.5) is 20.1 Å². The Balaban J connectivity index is 0.997. The standard InChI is InChI=1S/C54H69N9O13/c1-9-35-36-25-34(20-21-40(36)58-46-37(35)27-63-42(46)26-39-38(49(63)68)29-74-50(69)54(39,73)10-2)76-53(72)62(8)24-23-61(7)52(71)75-28-32-16-18-33(19-17-32)57-47(66)41(13-12-22-56-51(55)70)59-48(67)45(31(5)6)60-44(65)15-11-14-43(64)30(3)4/h16-21,25-26,30-31,41,45,73H,9-15,22-24,27-29H2,1-8H3,(H,57,66)(H,59,67)(H,60,65)(H3,55,56,70)/t41-,45-,54-/m0/s1. The molecule has 0 radical (unpaired) electrons. The highest BCUT2D eigenvalue weighted by molar-refractivity contribution is 5.98. The largest absolute Gasteiger partial charge is 0.458 e. The smallest absolute Gasteiger partial charge is 0.415 e. The Hall–Kier alpha value is -7.88. The number of rotatable bonds is 23. The molecular weight excluding hydrogens is 983 g/mol. The van der Waals surface area contributed by atoms with Crippen LogP contribution in [0, 0.1) is 11.8 Å². The molecule has 3 atom stereocenters. The van der Waals surface area contributed by atoms with Gasteiger partial charge in [-0.05, 0) is 85.5 Å². The minimum atomic E-state index is -1.95. The Morgan fingerprint density at radius 1 is 0.882 bits per heavy atom. The van der Waals surface area contributed by atoms with E-state index in [9.17, 15) is 48.3 Å². The number of esters is 1. The van der Waals surface area contributed by atoms with Gasteiger partial charge in [0.05, 0.1) is 29.0 Å². The summed E-state index contributed by atoms with van der Waals surface area (Å²) in [5.41, 5.74) is 7.69. The molecule has 2 aromatic carbocycles. The van der Waals surface area contributed by atoms with Crippen LogP contribution in [0.1, 0.15) is 108 Å². The summed E-state index contributed by atoms with van der Waals surface area (Å²) in [6, 6.07) is 10.4. The number of aromatic nitrogens is 2. The number of likely N-dealkylation sites (N-methyl/N-ethyl adjacent to an activating group) is 2. The van der Waals surface area contributed by atoms with E-state index in [1.807, 2.05) is 6.92 Å². The van der Waals surface area contributed by atoms with Gasteiger partial charge in [-0.1, -0.05) is 53.7 Å². The number of hydrogen-bond donors (Lipinski definition) is 6.